The van der Waals surface area contributed by atoms with Gasteiger partial charge in [-0.15, -0.1) is 0 Å². The Balaban J connectivity index is 2.04. The van der Waals surface area contributed by atoms with E-state index in [1.165, 1.54) is 11.0 Å². The average Bonchev–Trinajstić information content (AvgIpc) is 2.40. The van der Waals surface area contributed by atoms with E-state index < -0.39 is 23.9 Å². The first-order chi connectivity index (χ1) is 10.3. The van der Waals surface area contributed by atoms with Crippen LogP contribution < -0.4 is 10.5 Å². The first-order valence-electron chi connectivity index (χ1n) is 6.68. The Hall–Kier alpha value is -2.44. The van der Waals surface area contributed by atoms with Crippen molar-refractivity contribution in [2.45, 2.75) is 19.3 Å². The molecule has 1 aromatic carbocycles. The van der Waals surface area contributed by atoms with E-state index in [0.717, 1.165) is 0 Å². The second kappa shape index (κ2) is 4.79. The van der Waals surface area contributed by atoms with Gasteiger partial charge < -0.3 is 14.4 Å². The maximum absolute atomic E-state index is 12.9. The van der Waals surface area contributed by atoms with Crippen LogP contribution in [0.4, 0.5) is 14.5 Å². The quantitative estimate of drug-likeness (QED) is 0.880. The standard InChI is InChI=1S/C15H13F2NO4/c1-8-10-3-2-9(18-6-15(16,17)7-18)4-12(10)22-14(21)11(8)5-13(19)20/h2-4H,5-7H2,1H3,(H,19,20). The predicted molar refractivity (Wildman–Crippen MR) is 75.7 cm³/mol. The summed E-state index contributed by atoms with van der Waals surface area (Å²) in [6.07, 6.45) is -0.412. The van der Waals surface area contributed by atoms with Gasteiger partial charge in [-0.3, -0.25) is 4.79 Å². The van der Waals surface area contributed by atoms with E-state index >= 15 is 0 Å². The second-order valence-corrected chi connectivity index (χ2v) is 5.46. The normalized spacial score (nSPS) is 16.6. The van der Waals surface area contributed by atoms with Crippen molar-refractivity contribution < 1.29 is 23.1 Å². The van der Waals surface area contributed by atoms with Crippen LogP contribution >= 0.6 is 0 Å². The number of benzene rings is 1. The van der Waals surface area contributed by atoms with Crippen molar-refractivity contribution in [3.8, 4) is 0 Å². The smallest absolute Gasteiger partial charge is 0.340 e. The van der Waals surface area contributed by atoms with Crippen LogP contribution in [0.3, 0.4) is 0 Å². The third-order valence-electron chi connectivity index (χ3n) is 3.81. The number of aryl methyl sites for hydroxylation is 1. The molecule has 1 aliphatic rings. The molecule has 0 aliphatic carbocycles. The molecule has 0 bridgehead atoms. The Morgan fingerprint density at radius 3 is 2.68 bits per heavy atom. The van der Waals surface area contributed by atoms with Crippen molar-refractivity contribution >= 4 is 22.6 Å². The van der Waals surface area contributed by atoms with Crippen LogP contribution in [0.15, 0.2) is 27.4 Å². The maximum atomic E-state index is 12.9. The number of carboxylic acids is 1. The van der Waals surface area contributed by atoms with Gasteiger partial charge >= 0.3 is 11.6 Å². The van der Waals surface area contributed by atoms with Gasteiger partial charge in [-0.1, -0.05) is 0 Å². The number of hydrogen-bond donors (Lipinski definition) is 1. The summed E-state index contributed by atoms with van der Waals surface area (Å²) in [7, 11) is 0. The van der Waals surface area contributed by atoms with Gasteiger partial charge in [-0.05, 0) is 24.6 Å². The van der Waals surface area contributed by atoms with Crippen LogP contribution in [0.2, 0.25) is 0 Å². The molecule has 5 nitrogen and oxygen atoms in total. The SMILES string of the molecule is Cc1c(CC(=O)O)c(=O)oc2cc(N3CC(F)(F)C3)ccc12. The third kappa shape index (κ3) is 2.43. The fourth-order valence-electron chi connectivity index (χ4n) is 2.63. The van der Waals surface area contributed by atoms with Gasteiger partial charge in [0.25, 0.3) is 5.92 Å². The van der Waals surface area contributed by atoms with Crippen LogP contribution in [0, 0.1) is 6.92 Å². The van der Waals surface area contributed by atoms with Crippen LogP contribution in [0.5, 0.6) is 0 Å². The number of fused-ring (bicyclic) bond motifs is 1. The molecule has 2 aromatic rings. The first kappa shape index (κ1) is 14.5. The lowest BCUT2D eigenvalue weighted by molar-refractivity contribution is -0.136. The Bertz CT molecular complexity index is 820. The molecule has 0 saturated carbocycles. The number of carboxylic acid groups (broad SMARTS) is 1. The van der Waals surface area contributed by atoms with Crippen LogP contribution in [0.1, 0.15) is 11.1 Å². The summed E-state index contributed by atoms with van der Waals surface area (Å²) in [6.45, 7) is 0.923. The zero-order chi connectivity index (χ0) is 16.1. The van der Waals surface area contributed by atoms with E-state index in [1.54, 1.807) is 19.1 Å². The number of nitrogens with zero attached hydrogens (tertiary/aromatic N) is 1. The maximum Gasteiger partial charge on any atom is 0.340 e. The van der Waals surface area contributed by atoms with E-state index in [-0.39, 0.29) is 24.2 Å². The summed E-state index contributed by atoms with van der Waals surface area (Å²) >= 11 is 0. The summed E-state index contributed by atoms with van der Waals surface area (Å²) in [5.41, 5.74) is 0.743. The van der Waals surface area contributed by atoms with Crippen molar-refractivity contribution in [1.29, 1.82) is 0 Å². The summed E-state index contributed by atoms with van der Waals surface area (Å²) in [4.78, 5) is 24.2. The van der Waals surface area contributed by atoms with Gasteiger partial charge in [-0.25, -0.2) is 13.6 Å². The van der Waals surface area contributed by atoms with Crippen LogP contribution in [-0.4, -0.2) is 30.1 Å². The molecule has 0 spiro atoms. The van der Waals surface area contributed by atoms with E-state index in [9.17, 15) is 18.4 Å². The molecule has 3 rings (SSSR count). The minimum atomic E-state index is -2.68. The second-order valence-electron chi connectivity index (χ2n) is 5.46. The molecule has 0 unspecified atom stereocenters. The molecule has 2 heterocycles. The van der Waals surface area contributed by atoms with Crippen molar-refractivity contribution in [2.24, 2.45) is 0 Å². The molecule has 0 radical (unpaired) electrons. The molecule has 1 fully saturated rings. The lowest BCUT2D eigenvalue weighted by atomic mass is 10.0. The summed E-state index contributed by atoms with van der Waals surface area (Å²) in [6, 6.07) is 4.85. The molecule has 1 saturated heterocycles. The predicted octanol–water partition coefficient (Wildman–Crippen LogP) is 2.18. The highest BCUT2D eigenvalue weighted by atomic mass is 19.3. The van der Waals surface area contributed by atoms with E-state index in [1.807, 2.05) is 0 Å². The zero-order valence-corrected chi connectivity index (χ0v) is 11.7. The molecule has 1 aliphatic heterocycles. The lowest BCUT2D eigenvalue weighted by Crippen LogP contribution is -2.56. The largest absolute Gasteiger partial charge is 0.481 e. The number of alkyl halides is 2. The monoisotopic (exact) mass is 309 g/mol. The van der Waals surface area contributed by atoms with Gasteiger partial charge in [0.1, 0.15) is 5.58 Å². The Morgan fingerprint density at radius 1 is 1.41 bits per heavy atom. The Kier molecular flexibility index (Phi) is 3.16. The van der Waals surface area contributed by atoms with Gasteiger partial charge in [0.05, 0.1) is 25.1 Å². The highest BCUT2D eigenvalue weighted by Crippen LogP contribution is 2.33. The summed E-state index contributed by atoms with van der Waals surface area (Å²) in [5.74, 6) is -3.80. The molecule has 1 aromatic heterocycles. The van der Waals surface area contributed by atoms with Gasteiger partial charge in [0.2, 0.25) is 0 Å². The van der Waals surface area contributed by atoms with Crippen molar-refractivity contribution in [3.05, 3.63) is 39.7 Å². The number of rotatable bonds is 3. The lowest BCUT2D eigenvalue weighted by Gasteiger charge is -2.40. The fraction of sp³-hybridized carbons (Fsp3) is 0.333. The van der Waals surface area contributed by atoms with Crippen LogP contribution in [0.25, 0.3) is 11.0 Å². The van der Waals surface area contributed by atoms with Gasteiger partial charge in [-0.2, -0.15) is 0 Å². The molecular formula is C15H13F2NO4. The van der Waals surface area contributed by atoms with Gasteiger partial charge in [0.15, 0.2) is 0 Å². The minimum Gasteiger partial charge on any atom is -0.481 e. The molecule has 0 amide bonds. The number of hydrogen-bond acceptors (Lipinski definition) is 4. The number of anilines is 1. The van der Waals surface area contributed by atoms with E-state index in [2.05, 4.69) is 0 Å². The number of halogens is 2. The molecule has 0 atom stereocenters. The molecular weight excluding hydrogens is 296 g/mol. The van der Waals surface area contributed by atoms with Crippen molar-refractivity contribution in [3.63, 3.8) is 0 Å². The van der Waals surface area contributed by atoms with Crippen molar-refractivity contribution in [2.75, 3.05) is 18.0 Å². The number of aliphatic carboxylic acids is 1. The Labute approximate surface area is 123 Å². The van der Waals surface area contributed by atoms with E-state index in [0.29, 0.717) is 16.6 Å². The Morgan fingerprint density at radius 2 is 2.09 bits per heavy atom. The minimum absolute atomic E-state index is 0.100. The summed E-state index contributed by atoms with van der Waals surface area (Å²) < 4.78 is 31.0. The highest BCUT2D eigenvalue weighted by molar-refractivity contribution is 5.85. The molecule has 116 valence electrons. The topological polar surface area (TPSA) is 70.7 Å². The molecule has 7 heteroatoms. The van der Waals surface area contributed by atoms with Crippen LogP contribution in [-0.2, 0) is 11.2 Å². The first-order valence-corrected chi connectivity index (χ1v) is 6.68. The van der Waals surface area contributed by atoms with E-state index in [4.69, 9.17) is 9.52 Å². The fourth-order valence-corrected chi connectivity index (χ4v) is 2.63. The van der Waals surface area contributed by atoms with Gasteiger partial charge in [0, 0.05) is 17.1 Å². The van der Waals surface area contributed by atoms with Crippen molar-refractivity contribution in [1.82, 2.24) is 0 Å². The molecule has 1 N–H and O–H groups in total. The molecule has 22 heavy (non-hydrogen) atoms. The zero-order valence-electron chi connectivity index (χ0n) is 11.7. The summed E-state index contributed by atoms with van der Waals surface area (Å²) in [5, 5.41) is 9.44. The number of carbonyl (C=O) groups is 1. The highest BCUT2D eigenvalue weighted by Gasteiger charge is 2.43. The average molecular weight is 309 g/mol. The third-order valence-corrected chi connectivity index (χ3v) is 3.81.